The lowest BCUT2D eigenvalue weighted by Gasteiger charge is -2.36. The van der Waals surface area contributed by atoms with E-state index in [9.17, 15) is 18.9 Å². The van der Waals surface area contributed by atoms with Crippen LogP contribution in [0.2, 0.25) is 0 Å². The maximum absolute atomic E-state index is 12.6. The number of methoxy groups -OCH3 is 1. The van der Waals surface area contributed by atoms with Gasteiger partial charge < -0.3 is 24.6 Å². The fraction of sp³-hybridized carbons (Fsp3) is 0.231. The summed E-state index contributed by atoms with van der Waals surface area (Å²) in [7, 11) is -0.121. The van der Waals surface area contributed by atoms with Crippen molar-refractivity contribution in [3.8, 4) is 5.75 Å². The molecule has 1 saturated heterocycles. The van der Waals surface area contributed by atoms with Crippen LogP contribution in [0.5, 0.6) is 5.75 Å². The molecule has 1 atom stereocenters. The van der Waals surface area contributed by atoms with Gasteiger partial charge in [0, 0.05) is 44.1 Å². The van der Waals surface area contributed by atoms with Crippen LogP contribution in [-0.4, -0.2) is 64.5 Å². The molecule has 0 bridgehead atoms. The third-order valence-corrected chi connectivity index (χ3v) is 7.11. The van der Waals surface area contributed by atoms with E-state index in [0.717, 1.165) is 37.4 Å². The number of hydrogen-bond acceptors (Lipinski definition) is 6. The third-order valence-electron chi connectivity index (χ3n) is 6.01. The second-order valence-electron chi connectivity index (χ2n) is 8.35. The van der Waals surface area contributed by atoms with Crippen molar-refractivity contribution in [2.75, 3.05) is 42.9 Å². The Kier molecular flexibility index (Phi) is 7.87. The first-order valence-electron chi connectivity index (χ1n) is 11.3. The molecule has 10 heteroatoms. The molecule has 4 rings (SSSR count). The van der Waals surface area contributed by atoms with Crippen LogP contribution in [0.15, 0.2) is 71.6 Å². The number of ether oxygens (including phenoxy) is 1. The number of piperazine rings is 1. The topological polar surface area (TPSA) is 119 Å². The number of aromatic carboxylic acids is 2. The van der Waals surface area contributed by atoms with E-state index >= 15 is 0 Å². The first-order chi connectivity index (χ1) is 17.3. The van der Waals surface area contributed by atoms with E-state index in [0.29, 0.717) is 22.9 Å². The molecule has 9 nitrogen and oxygen atoms in total. The molecule has 0 aliphatic carbocycles. The van der Waals surface area contributed by atoms with Crippen LogP contribution >= 0.6 is 0 Å². The highest BCUT2D eigenvalue weighted by Crippen LogP contribution is 2.23. The van der Waals surface area contributed by atoms with Crippen LogP contribution in [0.4, 0.5) is 11.4 Å². The number of carboxylic acid groups (broad SMARTS) is 2. The zero-order chi connectivity index (χ0) is 25.7. The van der Waals surface area contributed by atoms with Crippen molar-refractivity contribution >= 4 is 34.3 Å². The van der Waals surface area contributed by atoms with Crippen molar-refractivity contribution in [1.82, 2.24) is 4.90 Å². The number of hydrogen-bond donors (Lipinski definition) is 3. The summed E-state index contributed by atoms with van der Waals surface area (Å²) in [4.78, 5) is 27.6. The molecule has 0 aromatic heterocycles. The molecule has 0 amide bonds. The lowest BCUT2D eigenvalue weighted by atomic mass is 10.1. The molecule has 3 N–H and O–H groups in total. The van der Waals surface area contributed by atoms with Gasteiger partial charge >= 0.3 is 11.9 Å². The van der Waals surface area contributed by atoms with Gasteiger partial charge in [0.1, 0.15) is 22.3 Å². The van der Waals surface area contributed by atoms with Gasteiger partial charge in [0.2, 0.25) is 0 Å². The van der Waals surface area contributed by atoms with E-state index < -0.39 is 22.9 Å². The second-order valence-corrected chi connectivity index (χ2v) is 9.57. The van der Waals surface area contributed by atoms with Crippen molar-refractivity contribution in [2.45, 2.75) is 11.4 Å². The Labute approximate surface area is 211 Å². The van der Waals surface area contributed by atoms with Gasteiger partial charge in [-0.1, -0.05) is 12.1 Å². The SMILES string of the molecule is COc1ccc(CN2CCN(c3ccc(NS(=O)c4cccc(C(=O)O)c4)cc3)CC2)cc1C(=O)O. The number of carboxylic acids is 2. The van der Waals surface area contributed by atoms with Crippen LogP contribution in [-0.2, 0) is 17.5 Å². The Morgan fingerprint density at radius 2 is 1.67 bits per heavy atom. The average molecular weight is 510 g/mol. The Morgan fingerprint density at radius 3 is 2.31 bits per heavy atom. The van der Waals surface area contributed by atoms with E-state index in [2.05, 4.69) is 14.5 Å². The number of nitrogens with one attached hydrogen (secondary N) is 1. The summed E-state index contributed by atoms with van der Waals surface area (Å²) in [6, 6.07) is 18.9. The van der Waals surface area contributed by atoms with Gasteiger partial charge in [-0.05, 0) is 60.2 Å². The molecule has 0 radical (unpaired) electrons. The predicted molar refractivity (Wildman–Crippen MR) is 137 cm³/mol. The molecule has 1 aliphatic rings. The lowest BCUT2D eigenvalue weighted by molar-refractivity contribution is 0.0683. The molecule has 3 aromatic rings. The summed E-state index contributed by atoms with van der Waals surface area (Å²) in [5, 5.41) is 18.5. The highest BCUT2D eigenvalue weighted by atomic mass is 32.2. The fourth-order valence-corrected chi connectivity index (χ4v) is 5.00. The Morgan fingerprint density at radius 1 is 0.944 bits per heavy atom. The number of anilines is 2. The van der Waals surface area contributed by atoms with Crippen molar-refractivity contribution < 1.29 is 28.7 Å². The molecular formula is C26H27N3O6S. The zero-order valence-corrected chi connectivity index (χ0v) is 20.5. The standard InChI is InChI=1S/C26H27N3O6S/c1-35-24-10-5-18(15-23(24)26(32)33)17-28-11-13-29(14-12-28)21-8-6-20(7-9-21)27-36(34)22-4-2-3-19(16-22)25(30)31/h2-10,15-16,27H,11-14,17H2,1H3,(H,30,31)(H,32,33). The number of nitrogens with zero attached hydrogens (tertiary/aromatic N) is 2. The van der Waals surface area contributed by atoms with Crippen LogP contribution in [0.3, 0.4) is 0 Å². The average Bonchev–Trinajstić information content (AvgIpc) is 2.89. The summed E-state index contributed by atoms with van der Waals surface area (Å²) in [5.74, 6) is -1.71. The summed E-state index contributed by atoms with van der Waals surface area (Å²) in [6.07, 6.45) is 0. The molecule has 188 valence electrons. The summed E-state index contributed by atoms with van der Waals surface area (Å²) < 4.78 is 20.7. The summed E-state index contributed by atoms with van der Waals surface area (Å²) in [6.45, 7) is 3.97. The number of rotatable bonds is 9. The van der Waals surface area contributed by atoms with Crippen LogP contribution < -0.4 is 14.4 Å². The van der Waals surface area contributed by atoms with Gasteiger partial charge in [-0.15, -0.1) is 0 Å². The maximum atomic E-state index is 12.6. The largest absolute Gasteiger partial charge is 0.496 e. The molecule has 1 unspecified atom stereocenters. The lowest BCUT2D eigenvalue weighted by Crippen LogP contribution is -2.45. The summed E-state index contributed by atoms with van der Waals surface area (Å²) >= 11 is 0. The van der Waals surface area contributed by atoms with Gasteiger partial charge in [-0.3, -0.25) is 4.90 Å². The maximum Gasteiger partial charge on any atom is 0.339 e. The quantitative estimate of drug-likeness (QED) is 0.401. The highest BCUT2D eigenvalue weighted by Gasteiger charge is 2.19. The molecule has 3 aromatic carbocycles. The molecule has 1 fully saturated rings. The predicted octanol–water partition coefficient (Wildman–Crippen LogP) is 3.55. The van der Waals surface area contributed by atoms with Crippen molar-refractivity contribution in [1.29, 1.82) is 0 Å². The summed E-state index contributed by atoms with van der Waals surface area (Å²) in [5.41, 5.74) is 2.91. The molecule has 1 heterocycles. The monoisotopic (exact) mass is 509 g/mol. The van der Waals surface area contributed by atoms with Crippen LogP contribution in [0.25, 0.3) is 0 Å². The van der Waals surface area contributed by atoms with E-state index in [1.54, 1.807) is 24.3 Å². The van der Waals surface area contributed by atoms with E-state index in [1.807, 2.05) is 30.3 Å². The number of carbonyl (C=O) groups is 2. The van der Waals surface area contributed by atoms with Crippen LogP contribution in [0, 0.1) is 0 Å². The second kappa shape index (κ2) is 11.2. The van der Waals surface area contributed by atoms with Crippen LogP contribution in [0.1, 0.15) is 26.3 Å². The van der Waals surface area contributed by atoms with E-state index in [1.165, 1.54) is 19.2 Å². The molecule has 1 aliphatic heterocycles. The van der Waals surface area contributed by atoms with E-state index in [-0.39, 0.29) is 11.1 Å². The Bertz CT molecular complexity index is 1270. The van der Waals surface area contributed by atoms with Crippen molar-refractivity contribution in [3.63, 3.8) is 0 Å². The first-order valence-corrected chi connectivity index (χ1v) is 12.5. The minimum absolute atomic E-state index is 0.0893. The minimum Gasteiger partial charge on any atom is -0.496 e. The fourth-order valence-electron chi connectivity index (χ4n) is 4.09. The van der Waals surface area contributed by atoms with Gasteiger partial charge in [0.15, 0.2) is 0 Å². The van der Waals surface area contributed by atoms with Crippen molar-refractivity contribution in [3.05, 3.63) is 83.4 Å². The van der Waals surface area contributed by atoms with Gasteiger partial charge in [-0.25, -0.2) is 13.8 Å². The van der Waals surface area contributed by atoms with Gasteiger partial charge in [0.25, 0.3) is 0 Å². The Hall–Kier alpha value is -3.89. The van der Waals surface area contributed by atoms with Gasteiger partial charge in [0.05, 0.1) is 17.6 Å². The number of benzene rings is 3. The van der Waals surface area contributed by atoms with Gasteiger partial charge in [-0.2, -0.15) is 0 Å². The normalized spacial score (nSPS) is 14.8. The highest BCUT2D eigenvalue weighted by molar-refractivity contribution is 7.86. The van der Waals surface area contributed by atoms with E-state index in [4.69, 9.17) is 9.84 Å². The molecule has 0 saturated carbocycles. The Balaban J connectivity index is 1.32. The first kappa shape index (κ1) is 25.2. The molecule has 0 spiro atoms. The zero-order valence-electron chi connectivity index (χ0n) is 19.7. The molecule has 36 heavy (non-hydrogen) atoms. The van der Waals surface area contributed by atoms with Crippen molar-refractivity contribution in [2.24, 2.45) is 0 Å². The third kappa shape index (κ3) is 6.02. The molecular weight excluding hydrogens is 482 g/mol. The minimum atomic E-state index is -1.58. The smallest absolute Gasteiger partial charge is 0.339 e.